The zero-order valence-corrected chi connectivity index (χ0v) is 15.6. The molecule has 2 N–H and O–H groups in total. The number of nitriles is 1. The Kier molecular flexibility index (Phi) is 7.06. The molecule has 2 aromatic rings. The number of methoxy groups -OCH3 is 1. The van der Waals surface area contributed by atoms with Gasteiger partial charge in [-0.15, -0.1) is 5.26 Å². The molecule has 0 bridgehead atoms. The Morgan fingerprint density at radius 3 is 1.96 bits per heavy atom. The second-order valence-electron chi connectivity index (χ2n) is 6.01. The van der Waals surface area contributed by atoms with Gasteiger partial charge < -0.3 is 19.7 Å². The molecule has 0 saturated heterocycles. The fraction of sp³-hybridized carbons (Fsp3) is 0.0870. The summed E-state index contributed by atoms with van der Waals surface area (Å²) in [6.07, 6.45) is 9.52. The molecule has 0 unspecified atom stereocenters. The van der Waals surface area contributed by atoms with Crippen molar-refractivity contribution in [2.75, 3.05) is 7.11 Å². The van der Waals surface area contributed by atoms with Crippen LogP contribution in [0.4, 0.5) is 0 Å². The SMILES string of the molecule is C=C(/C=C/c1ccc(O)c(OC)c1)CC(=C)/C=C/c1ccc(O)c(OC#N)c1. The summed E-state index contributed by atoms with van der Waals surface area (Å²) in [6.45, 7) is 8.04. The molecule has 2 aromatic carbocycles. The average molecular weight is 375 g/mol. The van der Waals surface area contributed by atoms with Gasteiger partial charge in [-0.25, -0.2) is 0 Å². The van der Waals surface area contributed by atoms with Gasteiger partial charge in [0.05, 0.1) is 7.11 Å². The monoisotopic (exact) mass is 375 g/mol. The molecule has 142 valence electrons. The van der Waals surface area contributed by atoms with E-state index in [1.54, 1.807) is 30.3 Å². The molecule has 0 spiro atoms. The highest BCUT2D eigenvalue weighted by Crippen LogP contribution is 2.28. The Labute approximate surface area is 164 Å². The molecule has 0 aliphatic heterocycles. The van der Waals surface area contributed by atoms with Gasteiger partial charge in [-0.05, 0) is 41.8 Å². The lowest BCUT2D eigenvalue weighted by Gasteiger charge is -2.04. The van der Waals surface area contributed by atoms with E-state index in [-0.39, 0.29) is 17.2 Å². The number of allylic oxidation sites excluding steroid dienone is 4. The summed E-state index contributed by atoms with van der Waals surface area (Å²) >= 11 is 0. The largest absolute Gasteiger partial charge is 0.504 e. The average Bonchev–Trinajstić information content (AvgIpc) is 2.68. The van der Waals surface area contributed by atoms with Gasteiger partial charge in [0.2, 0.25) is 0 Å². The Hall–Kier alpha value is -3.91. The molecule has 28 heavy (non-hydrogen) atoms. The van der Waals surface area contributed by atoms with Crippen molar-refractivity contribution < 1.29 is 19.7 Å². The molecule has 0 aliphatic rings. The zero-order valence-electron chi connectivity index (χ0n) is 15.6. The summed E-state index contributed by atoms with van der Waals surface area (Å²) in [6, 6.07) is 9.82. The van der Waals surface area contributed by atoms with Crippen LogP contribution in [0.1, 0.15) is 17.5 Å². The zero-order chi connectivity index (χ0) is 20.5. The lowest BCUT2D eigenvalue weighted by Crippen LogP contribution is -1.85. The molecule has 0 radical (unpaired) electrons. The maximum Gasteiger partial charge on any atom is 0.292 e. The van der Waals surface area contributed by atoms with Crippen molar-refractivity contribution in [1.82, 2.24) is 0 Å². The van der Waals surface area contributed by atoms with Gasteiger partial charge in [-0.1, -0.05) is 60.7 Å². The predicted octanol–water partition coefficient (Wildman–Crippen LogP) is 5.20. The molecule has 2 rings (SSSR count). The van der Waals surface area contributed by atoms with E-state index in [0.717, 1.165) is 22.3 Å². The summed E-state index contributed by atoms with van der Waals surface area (Å²) < 4.78 is 9.79. The maximum atomic E-state index is 9.62. The van der Waals surface area contributed by atoms with Gasteiger partial charge in [-0.2, -0.15) is 0 Å². The minimum Gasteiger partial charge on any atom is -0.504 e. The van der Waals surface area contributed by atoms with E-state index in [2.05, 4.69) is 13.2 Å². The number of phenols is 2. The third kappa shape index (κ3) is 5.82. The standard InChI is InChI=1S/C23H21NO4/c1-16(4-6-18-8-10-20(25)22(13-18)27-3)12-17(2)5-7-19-9-11-21(26)23(14-19)28-15-24/h4-11,13-14,25-26H,1-2,12H2,3H3/b6-4+,7-5+. The fourth-order valence-electron chi connectivity index (χ4n) is 2.40. The van der Waals surface area contributed by atoms with E-state index >= 15 is 0 Å². The van der Waals surface area contributed by atoms with E-state index in [0.29, 0.717) is 12.2 Å². The highest BCUT2D eigenvalue weighted by Gasteiger charge is 2.03. The van der Waals surface area contributed by atoms with Crippen molar-refractivity contribution in [3.63, 3.8) is 0 Å². The van der Waals surface area contributed by atoms with Crippen LogP contribution in [-0.4, -0.2) is 17.3 Å². The van der Waals surface area contributed by atoms with Crippen molar-refractivity contribution >= 4 is 12.2 Å². The minimum absolute atomic E-state index is 0.0922. The second-order valence-corrected chi connectivity index (χ2v) is 6.01. The number of benzene rings is 2. The van der Waals surface area contributed by atoms with Crippen LogP contribution < -0.4 is 9.47 Å². The molecule has 0 atom stereocenters. The number of hydrogen-bond acceptors (Lipinski definition) is 5. The van der Waals surface area contributed by atoms with Crippen LogP contribution in [0, 0.1) is 11.5 Å². The number of hydrogen-bond donors (Lipinski definition) is 2. The molecular formula is C23H21NO4. The van der Waals surface area contributed by atoms with Crippen LogP contribution in [0.15, 0.2) is 72.9 Å². The third-order valence-corrected chi connectivity index (χ3v) is 3.82. The van der Waals surface area contributed by atoms with E-state index in [1.165, 1.54) is 19.4 Å². The van der Waals surface area contributed by atoms with E-state index < -0.39 is 0 Å². The van der Waals surface area contributed by atoms with Gasteiger partial charge >= 0.3 is 0 Å². The van der Waals surface area contributed by atoms with Gasteiger partial charge in [-0.3, -0.25) is 0 Å². The maximum absolute atomic E-state index is 9.62. The first kappa shape index (κ1) is 20.4. The Balaban J connectivity index is 1.97. The van der Waals surface area contributed by atoms with E-state index in [9.17, 15) is 10.2 Å². The number of ether oxygens (including phenoxy) is 2. The van der Waals surface area contributed by atoms with E-state index in [4.69, 9.17) is 14.7 Å². The van der Waals surface area contributed by atoms with Crippen molar-refractivity contribution in [3.8, 4) is 29.3 Å². The highest BCUT2D eigenvalue weighted by molar-refractivity contribution is 5.60. The summed E-state index contributed by atoms with van der Waals surface area (Å²) in [7, 11) is 1.50. The first-order valence-corrected chi connectivity index (χ1v) is 8.40. The molecule has 0 fully saturated rings. The van der Waals surface area contributed by atoms with Crippen molar-refractivity contribution in [2.45, 2.75) is 6.42 Å². The molecule has 0 saturated carbocycles. The topological polar surface area (TPSA) is 82.7 Å². The lowest BCUT2D eigenvalue weighted by atomic mass is 10.0. The smallest absolute Gasteiger partial charge is 0.292 e. The first-order valence-electron chi connectivity index (χ1n) is 8.40. The van der Waals surface area contributed by atoms with Gasteiger partial charge in [0.1, 0.15) is 0 Å². The van der Waals surface area contributed by atoms with Crippen LogP contribution in [0.2, 0.25) is 0 Å². The van der Waals surface area contributed by atoms with Crippen molar-refractivity contribution in [1.29, 1.82) is 5.26 Å². The van der Waals surface area contributed by atoms with Gasteiger partial charge in [0.15, 0.2) is 23.0 Å². The molecule has 5 nitrogen and oxygen atoms in total. The predicted molar refractivity (Wildman–Crippen MR) is 110 cm³/mol. The Bertz CT molecular complexity index is 981. The molecule has 0 amide bonds. The molecule has 0 heterocycles. The van der Waals surface area contributed by atoms with Crippen LogP contribution in [-0.2, 0) is 0 Å². The number of aromatic hydroxyl groups is 2. The van der Waals surface area contributed by atoms with Gasteiger partial charge in [0, 0.05) is 0 Å². The number of nitrogens with zero attached hydrogens (tertiary/aromatic N) is 1. The number of rotatable bonds is 8. The van der Waals surface area contributed by atoms with Gasteiger partial charge in [0.25, 0.3) is 6.26 Å². The van der Waals surface area contributed by atoms with Crippen molar-refractivity contribution in [2.24, 2.45) is 0 Å². The Morgan fingerprint density at radius 1 is 0.964 bits per heavy atom. The number of phenolic OH excluding ortho intramolecular Hbond substituents is 2. The summed E-state index contributed by atoms with van der Waals surface area (Å²) in [5.74, 6) is 0.511. The molecule has 0 aromatic heterocycles. The fourth-order valence-corrected chi connectivity index (χ4v) is 2.40. The second kappa shape index (κ2) is 9.70. The third-order valence-electron chi connectivity index (χ3n) is 3.82. The summed E-state index contributed by atoms with van der Waals surface area (Å²) in [5.41, 5.74) is 3.35. The quantitative estimate of drug-likeness (QED) is 0.490. The van der Waals surface area contributed by atoms with Crippen molar-refractivity contribution in [3.05, 3.63) is 84.0 Å². The molecule has 0 aliphatic carbocycles. The van der Waals surface area contributed by atoms with Crippen LogP contribution in [0.25, 0.3) is 12.2 Å². The molecular weight excluding hydrogens is 354 g/mol. The summed E-state index contributed by atoms with van der Waals surface area (Å²) in [5, 5.41) is 27.8. The molecule has 5 heteroatoms. The Morgan fingerprint density at radius 2 is 1.46 bits per heavy atom. The highest BCUT2D eigenvalue weighted by atomic mass is 16.5. The normalized spacial score (nSPS) is 10.7. The minimum atomic E-state index is -0.0955. The summed E-state index contributed by atoms with van der Waals surface area (Å²) in [4.78, 5) is 0. The van der Waals surface area contributed by atoms with Crippen LogP contribution in [0.5, 0.6) is 23.0 Å². The lowest BCUT2D eigenvalue weighted by molar-refractivity contribution is 0.373. The van der Waals surface area contributed by atoms with Crippen LogP contribution in [0.3, 0.4) is 0 Å². The van der Waals surface area contributed by atoms with Crippen LogP contribution >= 0.6 is 0 Å². The first-order chi connectivity index (χ1) is 13.4. The van der Waals surface area contributed by atoms with E-state index in [1.807, 2.05) is 24.3 Å².